The van der Waals surface area contributed by atoms with E-state index in [-0.39, 0.29) is 0 Å². The predicted molar refractivity (Wildman–Crippen MR) is 88.2 cm³/mol. The molecule has 2 unspecified atom stereocenters. The molecule has 2 rings (SSSR count). The van der Waals surface area contributed by atoms with Gasteiger partial charge in [0.25, 0.3) is 0 Å². The van der Waals surface area contributed by atoms with E-state index in [1.165, 1.54) is 56.9 Å². The number of unbranched alkanes of at least 4 members (excludes halogenated alkanes) is 1. The molecule has 0 radical (unpaired) electrons. The third-order valence-electron chi connectivity index (χ3n) is 4.97. The maximum atomic E-state index is 3.59. The first kappa shape index (κ1) is 15.6. The van der Waals surface area contributed by atoms with Crippen molar-refractivity contribution >= 4 is 0 Å². The molecule has 1 heteroatoms. The monoisotopic (exact) mass is 273 g/mol. The predicted octanol–water partition coefficient (Wildman–Crippen LogP) is 5.04. The van der Waals surface area contributed by atoms with Crippen LogP contribution in [0.4, 0.5) is 0 Å². The van der Waals surface area contributed by atoms with Crippen molar-refractivity contribution in [1.82, 2.24) is 5.32 Å². The zero-order valence-corrected chi connectivity index (χ0v) is 13.5. The molecule has 0 fully saturated rings. The maximum absolute atomic E-state index is 3.59. The van der Waals surface area contributed by atoms with Gasteiger partial charge >= 0.3 is 0 Å². The number of hydrogen-bond donors (Lipinski definition) is 1. The quantitative estimate of drug-likeness (QED) is 0.733. The number of aryl methyl sites for hydroxylation is 2. The molecule has 1 aromatic carbocycles. The van der Waals surface area contributed by atoms with Gasteiger partial charge in [0.05, 0.1) is 0 Å². The first-order chi connectivity index (χ1) is 9.80. The summed E-state index contributed by atoms with van der Waals surface area (Å²) < 4.78 is 0. The van der Waals surface area contributed by atoms with Gasteiger partial charge < -0.3 is 5.32 Å². The summed E-state index contributed by atoms with van der Waals surface area (Å²) in [5, 5.41) is 3.59. The third-order valence-corrected chi connectivity index (χ3v) is 4.97. The normalized spacial score (nSPS) is 17.6. The van der Waals surface area contributed by atoms with Crippen molar-refractivity contribution in [3.63, 3.8) is 0 Å². The number of nitrogens with one attached hydrogen (secondary N) is 1. The van der Waals surface area contributed by atoms with Crippen molar-refractivity contribution in [3.8, 4) is 0 Å². The van der Waals surface area contributed by atoms with E-state index in [1.54, 1.807) is 11.1 Å². The molecule has 1 nitrogen and oxygen atoms in total. The van der Waals surface area contributed by atoms with E-state index in [1.807, 2.05) is 0 Å². The van der Waals surface area contributed by atoms with Crippen LogP contribution in [0.15, 0.2) is 18.2 Å². The van der Waals surface area contributed by atoms with Crippen LogP contribution in [0, 0.1) is 5.92 Å². The van der Waals surface area contributed by atoms with Gasteiger partial charge in [-0.25, -0.2) is 0 Å². The Balaban J connectivity index is 2.17. The highest BCUT2D eigenvalue weighted by molar-refractivity contribution is 5.35. The lowest BCUT2D eigenvalue weighted by Gasteiger charge is -2.28. The van der Waals surface area contributed by atoms with E-state index in [9.17, 15) is 0 Å². The van der Waals surface area contributed by atoms with Crippen molar-refractivity contribution in [2.75, 3.05) is 7.05 Å². The Bertz CT molecular complexity index is 410. The van der Waals surface area contributed by atoms with Crippen LogP contribution in [0.3, 0.4) is 0 Å². The smallest absolute Gasteiger partial charge is 0.0346 e. The zero-order valence-electron chi connectivity index (χ0n) is 13.5. The zero-order chi connectivity index (χ0) is 14.4. The Morgan fingerprint density at radius 1 is 1.10 bits per heavy atom. The second-order valence-corrected chi connectivity index (χ2v) is 6.31. The highest BCUT2D eigenvalue weighted by Crippen LogP contribution is 2.31. The van der Waals surface area contributed by atoms with Gasteiger partial charge in [-0.1, -0.05) is 51.3 Å². The fourth-order valence-electron chi connectivity index (χ4n) is 3.69. The van der Waals surface area contributed by atoms with Gasteiger partial charge in [0.15, 0.2) is 0 Å². The fourth-order valence-corrected chi connectivity index (χ4v) is 3.69. The van der Waals surface area contributed by atoms with Crippen molar-refractivity contribution in [1.29, 1.82) is 0 Å². The maximum Gasteiger partial charge on any atom is 0.0346 e. The van der Waals surface area contributed by atoms with E-state index < -0.39 is 0 Å². The summed E-state index contributed by atoms with van der Waals surface area (Å²) in [7, 11) is 2.12. The summed E-state index contributed by atoms with van der Waals surface area (Å²) in [6.45, 7) is 4.63. The molecule has 1 N–H and O–H groups in total. The summed E-state index contributed by atoms with van der Waals surface area (Å²) >= 11 is 0. The van der Waals surface area contributed by atoms with Crippen molar-refractivity contribution < 1.29 is 0 Å². The van der Waals surface area contributed by atoms with Crippen molar-refractivity contribution in [2.45, 2.75) is 71.3 Å². The molecule has 0 aliphatic heterocycles. The topological polar surface area (TPSA) is 12.0 Å². The van der Waals surface area contributed by atoms with Gasteiger partial charge in [-0.05, 0) is 61.8 Å². The van der Waals surface area contributed by atoms with Crippen molar-refractivity contribution in [2.24, 2.45) is 5.92 Å². The van der Waals surface area contributed by atoms with E-state index in [0.717, 1.165) is 5.92 Å². The molecule has 0 amide bonds. The lowest BCUT2D eigenvalue weighted by Crippen LogP contribution is -2.25. The number of benzene rings is 1. The Morgan fingerprint density at radius 2 is 1.85 bits per heavy atom. The summed E-state index contributed by atoms with van der Waals surface area (Å²) in [5.41, 5.74) is 4.71. The molecule has 1 aromatic rings. The molecule has 0 spiro atoms. The number of hydrogen-bond acceptors (Lipinski definition) is 1. The van der Waals surface area contributed by atoms with Gasteiger partial charge in [0.1, 0.15) is 0 Å². The van der Waals surface area contributed by atoms with Crippen LogP contribution in [0.25, 0.3) is 0 Å². The van der Waals surface area contributed by atoms with Gasteiger partial charge in [-0.3, -0.25) is 0 Å². The molecule has 0 bridgehead atoms. The molecular formula is C19H31N. The highest BCUT2D eigenvalue weighted by atomic mass is 14.9. The molecule has 1 aliphatic carbocycles. The molecule has 112 valence electrons. The minimum absolute atomic E-state index is 0.527. The molecule has 0 saturated carbocycles. The number of fused-ring (bicyclic) bond motifs is 1. The Kier molecular flexibility index (Phi) is 6.09. The summed E-state index contributed by atoms with van der Waals surface area (Å²) in [6, 6.07) is 7.78. The average Bonchev–Trinajstić information content (AvgIpc) is 2.51. The molecule has 2 atom stereocenters. The first-order valence-electron chi connectivity index (χ1n) is 8.59. The lowest BCUT2D eigenvalue weighted by atomic mass is 9.83. The lowest BCUT2D eigenvalue weighted by molar-refractivity contribution is 0.338. The van der Waals surface area contributed by atoms with Gasteiger partial charge in [0.2, 0.25) is 0 Å². The van der Waals surface area contributed by atoms with Crippen molar-refractivity contribution in [3.05, 3.63) is 34.9 Å². The standard InChI is InChI=1S/C19H31N/c1-4-6-9-15(5-2)19(20-3)18-13-12-16-10-7-8-11-17(16)14-18/h12-15,19-20H,4-11H2,1-3H3. The van der Waals surface area contributed by atoms with Crippen LogP contribution >= 0.6 is 0 Å². The minimum Gasteiger partial charge on any atom is -0.313 e. The SMILES string of the molecule is CCCCC(CC)C(NC)c1ccc2c(c1)CCCC2. The van der Waals surface area contributed by atoms with Crippen LogP contribution in [-0.2, 0) is 12.8 Å². The van der Waals surface area contributed by atoms with Crippen LogP contribution in [0.1, 0.15) is 75.1 Å². The van der Waals surface area contributed by atoms with Gasteiger partial charge in [-0.2, -0.15) is 0 Å². The second kappa shape index (κ2) is 7.83. The molecular weight excluding hydrogens is 242 g/mol. The third kappa shape index (κ3) is 3.63. The van der Waals surface area contributed by atoms with E-state index >= 15 is 0 Å². The molecule has 0 aromatic heterocycles. The Hall–Kier alpha value is -0.820. The molecule has 0 heterocycles. The molecule has 1 aliphatic rings. The summed E-state index contributed by atoms with van der Waals surface area (Å²) in [4.78, 5) is 0. The Labute approximate surface area is 125 Å². The molecule has 0 saturated heterocycles. The highest BCUT2D eigenvalue weighted by Gasteiger charge is 2.21. The largest absolute Gasteiger partial charge is 0.313 e. The average molecular weight is 273 g/mol. The van der Waals surface area contributed by atoms with Gasteiger partial charge in [0, 0.05) is 6.04 Å². The van der Waals surface area contributed by atoms with E-state index in [2.05, 4.69) is 44.4 Å². The molecule has 20 heavy (non-hydrogen) atoms. The van der Waals surface area contributed by atoms with Crippen LogP contribution < -0.4 is 5.32 Å². The Morgan fingerprint density at radius 3 is 2.50 bits per heavy atom. The van der Waals surface area contributed by atoms with E-state index in [0.29, 0.717) is 6.04 Å². The van der Waals surface area contributed by atoms with Crippen LogP contribution in [-0.4, -0.2) is 7.05 Å². The van der Waals surface area contributed by atoms with Crippen LogP contribution in [0.2, 0.25) is 0 Å². The fraction of sp³-hybridized carbons (Fsp3) is 0.684. The second-order valence-electron chi connectivity index (χ2n) is 6.31. The van der Waals surface area contributed by atoms with Gasteiger partial charge in [-0.15, -0.1) is 0 Å². The van der Waals surface area contributed by atoms with E-state index in [4.69, 9.17) is 0 Å². The number of rotatable bonds is 7. The summed E-state index contributed by atoms with van der Waals surface area (Å²) in [5.74, 6) is 0.765. The van der Waals surface area contributed by atoms with Crippen LogP contribution in [0.5, 0.6) is 0 Å². The minimum atomic E-state index is 0.527. The first-order valence-corrected chi connectivity index (χ1v) is 8.59. The summed E-state index contributed by atoms with van der Waals surface area (Å²) in [6.07, 6.45) is 10.6.